The van der Waals surface area contributed by atoms with Crippen molar-refractivity contribution in [1.29, 1.82) is 0 Å². The molecule has 0 saturated carbocycles. The second-order valence-corrected chi connectivity index (χ2v) is 1.01. The molecular weight excluding hydrogens is 152 g/mol. The Kier molecular flexibility index (Phi) is 7.89. The summed E-state index contributed by atoms with van der Waals surface area (Å²) >= 11 is 0. The number of hydrogen-bond donors (Lipinski definition) is 2. The SMILES string of the molecule is O=C(O)/C=C\C(=O)O.[Ca+2]. The molecule has 0 aromatic rings. The number of carboxylic acids is 2. The number of hydrogen-bond acceptors (Lipinski definition) is 2. The quantitative estimate of drug-likeness (QED) is 0.410. The van der Waals surface area contributed by atoms with E-state index in [1.165, 1.54) is 0 Å². The third kappa shape index (κ3) is 11.5. The van der Waals surface area contributed by atoms with E-state index in [2.05, 4.69) is 0 Å². The van der Waals surface area contributed by atoms with Gasteiger partial charge in [-0.15, -0.1) is 0 Å². The fourth-order valence-corrected chi connectivity index (χ4v) is 0.143. The third-order valence-corrected chi connectivity index (χ3v) is 0.368. The van der Waals surface area contributed by atoms with E-state index in [0.717, 1.165) is 0 Å². The van der Waals surface area contributed by atoms with Crippen LogP contribution in [0.3, 0.4) is 0 Å². The summed E-state index contributed by atoms with van der Waals surface area (Å²) in [5.41, 5.74) is 0. The van der Waals surface area contributed by atoms with Gasteiger partial charge in [-0.3, -0.25) is 0 Å². The van der Waals surface area contributed by atoms with Crippen LogP contribution in [-0.4, -0.2) is 59.9 Å². The Morgan fingerprint density at radius 1 is 1.00 bits per heavy atom. The molecule has 9 heavy (non-hydrogen) atoms. The van der Waals surface area contributed by atoms with Crippen LogP contribution < -0.4 is 0 Å². The molecule has 0 aliphatic rings. The van der Waals surface area contributed by atoms with Crippen molar-refractivity contribution >= 4 is 49.7 Å². The third-order valence-electron chi connectivity index (χ3n) is 0.368. The molecule has 44 valence electrons. The number of carbonyl (C=O) groups is 2. The maximum atomic E-state index is 9.55. The molecule has 0 aliphatic heterocycles. The molecule has 0 aromatic carbocycles. The maximum Gasteiger partial charge on any atom is 2.00 e. The molecule has 0 fully saturated rings. The molecule has 4 nitrogen and oxygen atoms in total. The number of rotatable bonds is 2. The molecule has 0 rings (SSSR count). The summed E-state index contributed by atoms with van der Waals surface area (Å²) in [6.45, 7) is 0. The van der Waals surface area contributed by atoms with Crippen molar-refractivity contribution in [3.8, 4) is 0 Å². The largest absolute Gasteiger partial charge is 2.00 e. The Balaban J connectivity index is 0. The van der Waals surface area contributed by atoms with Gasteiger partial charge in [-0.05, 0) is 0 Å². The van der Waals surface area contributed by atoms with Crippen molar-refractivity contribution in [3.05, 3.63) is 12.2 Å². The second-order valence-electron chi connectivity index (χ2n) is 1.01. The van der Waals surface area contributed by atoms with Gasteiger partial charge in [0, 0.05) is 12.2 Å². The molecule has 0 bridgehead atoms. The molecule has 5 heteroatoms. The minimum absolute atomic E-state index is 0. The van der Waals surface area contributed by atoms with Crippen molar-refractivity contribution in [1.82, 2.24) is 0 Å². The standard InChI is InChI=1S/C4H4O4.Ca/c5-3(6)1-2-4(7)8;/h1-2H,(H,5,6)(H,7,8);/q;+2/b2-1-;. The number of carboxylic acid groups (broad SMARTS) is 2. The molecule has 0 aromatic heterocycles. The first kappa shape index (κ1) is 11.7. The molecular formula is C4H4CaO4+2. The molecule has 0 atom stereocenters. The zero-order valence-electron chi connectivity index (χ0n) is 4.57. The van der Waals surface area contributed by atoms with Gasteiger partial charge in [-0.25, -0.2) is 9.59 Å². The van der Waals surface area contributed by atoms with Crippen molar-refractivity contribution in [2.45, 2.75) is 0 Å². The molecule has 2 N–H and O–H groups in total. The Morgan fingerprint density at radius 2 is 1.22 bits per heavy atom. The average Bonchev–Trinajstić information content (AvgIpc) is 1.61. The van der Waals surface area contributed by atoms with E-state index in [-0.39, 0.29) is 37.7 Å². The first-order valence-electron chi connectivity index (χ1n) is 1.77. The van der Waals surface area contributed by atoms with Crippen LogP contribution in [0.15, 0.2) is 12.2 Å². The summed E-state index contributed by atoms with van der Waals surface area (Å²) < 4.78 is 0. The minimum Gasteiger partial charge on any atom is -0.478 e. The van der Waals surface area contributed by atoms with Gasteiger partial charge in [0.1, 0.15) is 0 Å². The Hall–Kier alpha value is -0.0603. The predicted octanol–water partition coefficient (Wildman–Crippen LogP) is -0.669. The fraction of sp³-hybridized carbons (Fsp3) is 0. The first-order chi connectivity index (χ1) is 3.63. The van der Waals surface area contributed by atoms with Crippen LogP contribution in [0.2, 0.25) is 0 Å². The van der Waals surface area contributed by atoms with E-state index in [4.69, 9.17) is 10.2 Å². The van der Waals surface area contributed by atoms with Crippen LogP contribution in [-0.2, 0) is 9.59 Å². The van der Waals surface area contributed by atoms with E-state index in [1.54, 1.807) is 0 Å². The smallest absolute Gasteiger partial charge is 0.478 e. The molecule has 0 heterocycles. The number of aliphatic carboxylic acids is 2. The molecule has 0 amide bonds. The van der Waals surface area contributed by atoms with E-state index in [1.807, 2.05) is 0 Å². The van der Waals surface area contributed by atoms with Crippen molar-refractivity contribution in [2.24, 2.45) is 0 Å². The van der Waals surface area contributed by atoms with Gasteiger partial charge in [0.25, 0.3) is 0 Å². The molecule has 0 spiro atoms. The maximum absolute atomic E-state index is 9.55. The topological polar surface area (TPSA) is 74.6 Å². The van der Waals surface area contributed by atoms with Gasteiger partial charge >= 0.3 is 49.7 Å². The molecule has 0 aliphatic carbocycles. The van der Waals surface area contributed by atoms with E-state index < -0.39 is 11.9 Å². The van der Waals surface area contributed by atoms with Gasteiger partial charge in [-0.1, -0.05) is 0 Å². The Labute approximate surface area is 81.2 Å². The summed E-state index contributed by atoms with van der Waals surface area (Å²) in [5, 5.41) is 15.6. The molecule has 0 unspecified atom stereocenters. The molecule has 0 saturated heterocycles. The van der Waals surface area contributed by atoms with Crippen molar-refractivity contribution in [3.63, 3.8) is 0 Å². The van der Waals surface area contributed by atoms with Crippen LogP contribution in [0.5, 0.6) is 0 Å². The van der Waals surface area contributed by atoms with Gasteiger partial charge in [0.15, 0.2) is 0 Å². The van der Waals surface area contributed by atoms with Gasteiger partial charge < -0.3 is 10.2 Å². The predicted molar refractivity (Wildman–Crippen MR) is 30.2 cm³/mol. The van der Waals surface area contributed by atoms with Crippen LogP contribution in [0.1, 0.15) is 0 Å². The summed E-state index contributed by atoms with van der Waals surface area (Å²) in [6, 6.07) is 0. The van der Waals surface area contributed by atoms with E-state index >= 15 is 0 Å². The zero-order valence-corrected chi connectivity index (χ0v) is 6.78. The van der Waals surface area contributed by atoms with E-state index in [9.17, 15) is 9.59 Å². The van der Waals surface area contributed by atoms with Gasteiger partial charge in [-0.2, -0.15) is 0 Å². The average molecular weight is 156 g/mol. The second kappa shape index (κ2) is 6.07. The first-order valence-corrected chi connectivity index (χ1v) is 1.77. The molecule has 0 radical (unpaired) electrons. The minimum atomic E-state index is -1.26. The Morgan fingerprint density at radius 3 is 1.33 bits per heavy atom. The van der Waals surface area contributed by atoms with Crippen molar-refractivity contribution in [2.75, 3.05) is 0 Å². The normalized spacial score (nSPS) is 8.44. The van der Waals surface area contributed by atoms with Gasteiger partial charge in [0.2, 0.25) is 0 Å². The summed E-state index contributed by atoms with van der Waals surface area (Å²) in [6.07, 6.45) is 1.12. The van der Waals surface area contributed by atoms with Gasteiger partial charge in [0.05, 0.1) is 0 Å². The van der Waals surface area contributed by atoms with Crippen LogP contribution >= 0.6 is 0 Å². The van der Waals surface area contributed by atoms with Crippen LogP contribution in [0.25, 0.3) is 0 Å². The fourth-order valence-electron chi connectivity index (χ4n) is 0.143. The van der Waals surface area contributed by atoms with Crippen LogP contribution in [0, 0.1) is 0 Å². The zero-order chi connectivity index (χ0) is 6.57. The Bertz CT molecular complexity index is 124. The van der Waals surface area contributed by atoms with E-state index in [0.29, 0.717) is 12.2 Å². The van der Waals surface area contributed by atoms with Crippen molar-refractivity contribution < 1.29 is 19.8 Å². The summed E-state index contributed by atoms with van der Waals surface area (Å²) in [4.78, 5) is 19.1. The summed E-state index contributed by atoms with van der Waals surface area (Å²) in [5.74, 6) is -2.51. The summed E-state index contributed by atoms with van der Waals surface area (Å²) in [7, 11) is 0. The van der Waals surface area contributed by atoms with Crippen LogP contribution in [0.4, 0.5) is 0 Å². The monoisotopic (exact) mass is 156 g/mol.